The van der Waals surface area contributed by atoms with Gasteiger partial charge in [-0.05, 0) is 90.8 Å². The van der Waals surface area contributed by atoms with Gasteiger partial charge in [0.05, 0.1) is 0 Å². The van der Waals surface area contributed by atoms with E-state index in [9.17, 15) is 27.9 Å². The quantitative estimate of drug-likeness (QED) is 0.351. The summed E-state index contributed by atoms with van der Waals surface area (Å²) in [7, 11) is 0. The molecule has 0 aliphatic heterocycles. The molecule has 5 atom stereocenters. The highest BCUT2D eigenvalue weighted by molar-refractivity contribution is 5.94. The molecule has 2 saturated carbocycles. The van der Waals surface area contributed by atoms with Crippen molar-refractivity contribution in [2.45, 2.75) is 82.0 Å². The first-order chi connectivity index (χ1) is 20.3. The molecule has 228 valence electrons. The summed E-state index contributed by atoms with van der Waals surface area (Å²) in [6.07, 6.45) is -3.05. The van der Waals surface area contributed by atoms with E-state index in [1.807, 2.05) is 30.3 Å². The maximum absolute atomic E-state index is 15.2. The first-order valence-corrected chi connectivity index (χ1v) is 14.8. The number of nitrogens with one attached hydrogen (secondary N) is 1. The fourth-order valence-corrected chi connectivity index (χ4v) is 8.46. The monoisotopic (exact) mass is 599 g/mol. The Balaban J connectivity index is 1.38. The van der Waals surface area contributed by atoms with Crippen LogP contribution in [0.25, 0.3) is 0 Å². The Bertz CT molecular complexity index is 1500. The molecule has 2 fully saturated rings. The Morgan fingerprint density at radius 1 is 0.977 bits per heavy atom. The van der Waals surface area contributed by atoms with Crippen molar-refractivity contribution in [2.24, 2.45) is 17.3 Å². The zero-order chi connectivity index (χ0) is 30.8. The Morgan fingerprint density at radius 2 is 1.67 bits per heavy atom. The van der Waals surface area contributed by atoms with Crippen LogP contribution in [0, 0.1) is 17.3 Å². The zero-order valence-corrected chi connectivity index (χ0v) is 23.8. The van der Waals surface area contributed by atoms with Gasteiger partial charge in [0.15, 0.2) is 5.78 Å². The molecule has 0 spiro atoms. The van der Waals surface area contributed by atoms with E-state index in [0.717, 1.165) is 22.3 Å². The summed E-state index contributed by atoms with van der Waals surface area (Å²) in [6, 6.07) is 16.2. The lowest BCUT2D eigenvalue weighted by molar-refractivity contribution is -0.362. The van der Waals surface area contributed by atoms with Crippen molar-refractivity contribution in [2.75, 3.05) is 0 Å². The van der Waals surface area contributed by atoms with Gasteiger partial charge in [0.25, 0.3) is 5.91 Å². The van der Waals surface area contributed by atoms with Gasteiger partial charge in [-0.2, -0.15) is 22.0 Å². The van der Waals surface area contributed by atoms with Crippen molar-refractivity contribution in [3.8, 4) is 0 Å². The van der Waals surface area contributed by atoms with Crippen molar-refractivity contribution in [3.63, 3.8) is 0 Å². The van der Waals surface area contributed by atoms with Crippen LogP contribution in [-0.4, -0.2) is 34.5 Å². The topological polar surface area (TPSA) is 66.4 Å². The molecule has 0 bridgehead atoms. The number of alkyl halides is 5. The average molecular weight is 600 g/mol. The smallest absolute Gasteiger partial charge is 0.383 e. The van der Waals surface area contributed by atoms with E-state index in [4.69, 9.17) is 0 Å². The number of hydrogen-bond acceptors (Lipinski definition) is 3. The molecule has 0 aromatic heterocycles. The molecule has 6 rings (SSSR count). The van der Waals surface area contributed by atoms with Gasteiger partial charge < -0.3 is 10.4 Å². The number of aliphatic hydroxyl groups is 1. The van der Waals surface area contributed by atoms with Gasteiger partial charge in [0, 0.05) is 29.9 Å². The summed E-state index contributed by atoms with van der Waals surface area (Å²) in [5, 5.41) is 14.3. The third kappa shape index (κ3) is 4.66. The summed E-state index contributed by atoms with van der Waals surface area (Å²) in [5.74, 6) is -6.96. The molecule has 2 unspecified atom stereocenters. The third-order valence-corrected chi connectivity index (χ3v) is 10.6. The Labute approximate surface area is 247 Å². The summed E-state index contributed by atoms with van der Waals surface area (Å²) in [4.78, 5) is 25.1. The first-order valence-electron chi connectivity index (χ1n) is 14.8. The minimum atomic E-state index is -5.89. The predicted octanol–water partition coefficient (Wildman–Crippen LogP) is 7.44. The molecule has 43 heavy (non-hydrogen) atoms. The fraction of sp³-hybridized carbons (Fsp3) is 0.471. The van der Waals surface area contributed by atoms with Crippen molar-refractivity contribution >= 4 is 11.7 Å². The number of amides is 1. The van der Waals surface area contributed by atoms with Crippen LogP contribution < -0.4 is 5.32 Å². The van der Waals surface area contributed by atoms with Crippen LogP contribution in [0.3, 0.4) is 0 Å². The van der Waals surface area contributed by atoms with Gasteiger partial charge >= 0.3 is 12.1 Å². The maximum atomic E-state index is 15.2. The number of carbonyl (C=O) groups excluding carboxylic acids is 2. The normalized spacial score (nSPS) is 30.7. The summed E-state index contributed by atoms with van der Waals surface area (Å²) < 4.78 is 71.6. The van der Waals surface area contributed by atoms with E-state index in [-0.39, 0.29) is 30.4 Å². The Hall–Kier alpha value is -3.33. The van der Waals surface area contributed by atoms with Gasteiger partial charge in [-0.3, -0.25) is 9.59 Å². The lowest BCUT2D eigenvalue weighted by Crippen LogP contribution is -2.65. The minimum absolute atomic E-state index is 0.0286. The molecule has 2 aromatic rings. The van der Waals surface area contributed by atoms with E-state index >= 15 is 8.78 Å². The number of carbonyl (C=O) groups is 2. The average Bonchev–Trinajstić information content (AvgIpc) is 3.26. The van der Waals surface area contributed by atoms with E-state index in [2.05, 4.69) is 5.32 Å². The molecule has 4 aliphatic rings. The highest BCUT2D eigenvalue weighted by Crippen LogP contribution is 2.70. The lowest BCUT2D eigenvalue weighted by atomic mass is 9.50. The van der Waals surface area contributed by atoms with Crippen molar-refractivity contribution in [3.05, 3.63) is 94.1 Å². The Morgan fingerprint density at radius 3 is 2.35 bits per heavy atom. The summed E-state index contributed by atoms with van der Waals surface area (Å²) in [6.45, 7) is 1.74. The van der Waals surface area contributed by atoms with E-state index < -0.39 is 41.4 Å². The number of benzene rings is 2. The summed E-state index contributed by atoms with van der Waals surface area (Å²) >= 11 is 0. The highest BCUT2D eigenvalue weighted by atomic mass is 19.4. The maximum Gasteiger partial charge on any atom is 0.456 e. The van der Waals surface area contributed by atoms with E-state index in [1.54, 1.807) is 30.3 Å². The van der Waals surface area contributed by atoms with Crippen LogP contribution in [0.2, 0.25) is 0 Å². The molecule has 0 radical (unpaired) electrons. The van der Waals surface area contributed by atoms with E-state index in [1.165, 1.54) is 6.92 Å². The van der Waals surface area contributed by atoms with Crippen LogP contribution in [0.1, 0.15) is 79.3 Å². The molecule has 4 nitrogen and oxygen atoms in total. The largest absolute Gasteiger partial charge is 0.456 e. The predicted molar refractivity (Wildman–Crippen MR) is 150 cm³/mol. The summed E-state index contributed by atoms with van der Waals surface area (Å²) in [5.41, 5.74) is -0.0443. The molecule has 2 aromatic carbocycles. The molecule has 9 heteroatoms. The second-order valence-corrected chi connectivity index (χ2v) is 12.8. The number of rotatable bonds is 5. The van der Waals surface area contributed by atoms with Crippen LogP contribution in [0.5, 0.6) is 0 Å². The number of halogens is 5. The molecular formula is C34H34F5NO3. The van der Waals surface area contributed by atoms with Gasteiger partial charge in [-0.15, -0.1) is 0 Å². The first kappa shape index (κ1) is 29.7. The van der Waals surface area contributed by atoms with Crippen LogP contribution in [0.15, 0.2) is 77.4 Å². The lowest BCUT2D eigenvalue weighted by Gasteiger charge is -2.56. The SMILES string of the molecule is CC12C[C@H](c3ccc(C(=O)NCc4ccccc4)cc3)C3=C4CCC(=O)C=C4CCC3[C@@H]1CC[C@@]2(O)C(F)(F)C(F)(F)F. The Kier molecular flexibility index (Phi) is 7.18. The number of fused-ring (bicyclic) bond motifs is 4. The van der Waals surface area contributed by atoms with Crippen molar-refractivity contribution < 1.29 is 36.6 Å². The number of ketones is 1. The molecule has 2 N–H and O–H groups in total. The molecule has 0 saturated heterocycles. The van der Waals surface area contributed by atoms with Crippen LogP contribution in [0.4, 0.5) is 22.0 Å². The standard InChI is InChI=1S/C34H34F5NO3/c1-31-18-27(21-7-9-22(10-8-21)30(42)40-19-20-5-3-2-4-6-20)29-25-14-12-24(41)17-23(25)11-13-26(29)28(31)15-16-32(31,43)33(35,36)34(37,38)39/h2-10,17,26-28,43H,11-16,18-19H2,1H3,(H,40,42)/t26?,27-,28+,31?,32+/m1/s1. The minimum Gasteiger partial charge on any atom is -0.383 e. The highest BCUT2D eigenvalue weighted by Gasteiger charge is 2.79. The second-order valence-electron chi connectivity index (χ2n) is 12.8. The van der Waals surface area contributed by atoms with Crippen molar-refractivity contribution in [1.82, 2.24) is 5.32 Å². The van der Waals surface area contributed by atoms with Gasteiger partial charge in [-0.1, -0.05) is 55.0 Å². The molecule has 0 heterocycles. The number of hydrogen-bond donors (Lipinski definition) is 2. The van der Waals surface area contributed by atoms with Gasteiger partial charge in [0.1, 0.15) is 5.60 Å². The van der Waals surface area contributed by atoms with E-state index in [0.29, 0.717) is 43.4 Å². The van der Waals surface area contributed by atoms with Crippen molar-refractivity contribution in [1.29, 1.82) is 0 Å². The number of allylic oxidation sites excluding steroid dienone is 4. The third-order valence-electron chi connectivity index (χ3n) is 10.6. The molecule has 4 aliphatic carbocycles. The van der Waals surface area contributed by atoms with Gasteiger partial charge in [0.2, 0.25) is 0 Å². The fourth-order valence-electron chi connectivity index (χ4n) is 8.46. The molecular weight excluding hydrogens is 565 g/mol. The van der Waals surface area contributed by atoms with Gasteiger partial charge in [-0.25, -0.2) is 0 Å². The molecule has 1 amide bonds. The second kappa shape index (κ2) is 10.4. The van der Waals surface area contributed by atoms with Crippen LogP contribution in [-0.2, 0) is 11.3 Å². The zero-order valence-electron chi connectivity index (χ0n) is 23.8. The van der Waals surface area contributed by atoms with Crippen LogP contribution >= 0.6 is 0 Å².